The van der Waals surface area contributed by atoms with Gasteiger partial charge in [0.25, 0.3) is 0 Å². The molecule has 1 heterocycles. The number of hydrogen-bond acceptors (Lipinski definition) is 4. The smallest absolute Gasteiger partial charge is 0.217 e. The van der Waals surface area contributed by atoms with Crippen molar-refractivity contribution < 1.29 is 9.53 Å². The average molecular weight is 194 g/mol. The van der Waals surface area contributed by atoms with Crippen LogP contribution in [0.4, 0.5) is 0 Å². The molecular formula is C10H14N2O2. The summed E-state index contributed by atoms with van der Waals surface area (Å²) in [5.41, 5.74) is 0.161. The first-order chi connectivity index (χ1) is 6.47. The van der Waals surface area contributed by atoms with Gasteiger partial charge in [0, 0.05) is 11.5 Å². The van der Waals surface area contributed by atoms with Crippen LogP contribution in [0.2, 0.25) is 0 Å². The second kappa shape index (κ2) is 3.74. The maximum atomic E-state index is 10.6. The lowest BCUT2D eigenvalue weighted by Crippen LogP contribution is -2.17. The number of nitrogens with zero attached hydrogens (tertiary/aromatic N) is 2. The minimum absolute atomic E-state index is 0.188. The molecule has 0 aliphatic rings. The molecule has 0 saturated carbocycles. The number of rotatable bonds is 2. The molecule has 76 valence electrons. The molecule has 0 saturated heterocycles. The van der Waals surface area contributed by atoms with Gasteiger partial charge in [0.2, 0.25) is 5.88 Å². The third-order valence-electron chi connectivity index (χ3n) is 1.72. The highest BCUT2D eigenvalue weighted by Gasteiger charge is 2.19. The molecule has 0 atom stereocenters. The molecule has 0 aliphatic carbocycles. The van der Waals surface area contributed by atoms with Crippen molar-refractivity contribution in [3.8, 4) is 5.88 Å². The average Bonchev–Trinajstić information content (AvgIpc) is 2.15. The molecule has 14 heavy (non-hydrogen) atoms. The van der Waals surface area contributed by atoms with Crippen molar-refractivity contribution >= 4 is 6.29 Å². The predicted octanol–water partition coefficient (Wildman–Crippen LogP) is 1.60. The molecule has 0 aromatic carbocycles. The van der Waals surface area contributed by atoms with Crippen LogP contribution < -0.4 is 4.74 Å². The largest absolute Gasteiger partial charge is 0.481 e. The zero-order valence-corrected chi connectivity index (χ0v) is 8.87. The molecule has 0 bridgehead atoms. The molecule has 0 amide bonds. The van der Waals surface area contributed by atoms with E-state index in [-0.39, 0.29) is 5.41 Å². The first-order valence-corrected chi connectivity index (χ1v) is 4.36. The van der Waals surface area contributed by atoms with Crippen LogP contribution >= 0.6 is 0 Å². The summed E-state index contributed by atoms with van der Waals surface area (Å²) in [6, 6.07) is 1.52. The highest BCUT2D eigenvalue weighted by molar-refractivity contribution is 5.72. The lowest BCUT2D eigenvalue weighted by molar-refractivity contribution is 0.111. The van der Waals surface area contributed by atoms with Crippen LogP contribution in [-0.2, 0) is 5.41 Å². The topological polar surface area (TPSA) is 52.1 Å². The van der Waals surface area contributed by atoms with Gasteiger partial charge in [-0.2, -0.15) is 4.98 Å². The standard InChI is InChI=1S/C10H14N2O2/c1-10(2,3)9-11-7(6-13)5-8(12-9)14-4/h5-6H,1-4H3. The molecule has 1 aromatic heterocycles. The number of hydrogen-bond donors (Lipinski definition) is 0. The Labute approximate surface area is 83.3 Å². The molecule has 1 aromatic rings. The SMILES string of the molecule is COc1cc(C=O)nc(C(C)(C)C)n1. The molecule has 0 N–H and O–H groups in total. The van der Waals surface area contributed by atoms with Gasteiger partial charge in [-0.25, -0.2) is 4.98 Å². The van der Waals surface area contributed by atoms with Gasteiger partial charge in [0.15, 0.2) is 6.29 Å². The summed E-state index contributed by atoms with van der Waals surface area (Å²) in [5.74, 6) is 1.03. The molecule has 0 radical (unpaired) electrons. The van der Waals surface area contributed by atoms with E-state index in [1.54, 1.807) is 0 Å². The van der Waals surface area contributed by atoms with E-state index in [4.69, 9.17) is 4.74 Å². The Hall–Kier alpha value is -1.45. The Kier molecular flexibility index (Phi) is 2.84. The van der Waals surface area contributed by atoms with E-state index >= 15 is 0 Å². The van der Waals surface area contributed by atoms with Gasteiger partial charge in [0.1, 0.15) is 11.5 Å². The van der Waals surface area contributed by atoms with Crippen molar-refractivity contribution in [2.24, 2.45) is 0 Å². The van der Waals surface area contributed by atoms with Crippen LogP contribution in [-0.4, -0.2) is 23.4 Å². The van der Waals surface area contributed by atoms with Gasteiger partial charge < -0.3 is 4.74 Å². The van der Waals surface area contributed by atoms with Crippen LogP contribution in [0.3, 0.4) is 0 Å². The zero-order valence-electron chi connectivity index (χ0n) is 8.87. The van der Waals surface area contributed by atoms with E-state index < -0.39 is 0 Å². The van der Waals surface area contributed by atoms with Gasteiger partial charge in [0.05, 0.1) is 7.11 Å². The summed E-state index contributed by atoms with van der Waals surface area (Å²) in [5, 5.41) is 0. The van der Waals surface area contributed by atoms with Gasteiger partial charge in [-0.1, -0.05) is 20.8 Å². The Balaban J connectivity index is 3.24. The van der Waals surface area contributed by atoms with E-state index in [2.05, 4.69) is 9.97 Å². The third kappa shape index (κ3) is 2.28. The number of ether oxygens (including phenoxy) is 1. The number of carbonyl (C=O) groups excluding carboxylic acids is 1. The van der Waals surface area contributed by atoms with Crippen LogP contribution in [0.1, 0.15) is 37.1 Å². The van der Waals surface area contributed by atoms with Crippen LogP contribution in [0.15, 0.2) is 6.07 Å². The third-order valence-corrected chi connectivity index (χ3v) is 1.72. The van der Waals surface area contributed by atoms with E-state index in [0.717, 1.165) is 0 Å². The van der Waals surface area contributed by atoms with Crippen molar-refractivity contribution in [1.82, 2.24) is 9.97 Å². The van der Waals surface area contributed by atoms with Crippen LogP contribution in [0, 0.1) is 0 Å². The fourth-order valence-electron chi connectivity index (χ4n) is 0.943. The summed E-state index contributed by atoms with van der Waals surface area (Å²) < 4.78 is 4.98. The second-order valence-corrected chi connectivity index (χ2v) is 4.03. The molecule has 4 heteroatoms. The van der Waals surface area contributed by atoms with E-state index in [0.29, 0.717) is 23.7 Å². The summed E-state index contributed by atoms with van der Waals surface area (Å²) in [4.78, 5) is 18.9. The first-order valence-electron chi connectivity index (χ1n) is 4.36. The summed E-state index contributed by atoms with van der Waals surface area (Å²) in [6.45, 7) is 5.95. The molecule has 0 fully saturated rings. The van der Waals surface area contributed by atoms with Gasteiger partial charge in [-0.3, -0.25) is 4.79 Å². The number of carbonyl (C=O) groups is 1. The fourth-order valence-corrected chi connectivity index (χ4v) is 0.943. The maximum Gasteiger partial charge on any atom is 0.217 e. The number of methoxy groups -OCH3 is 1. The highest BCUT2D eigenvalue weighted by atomic mass is 16.5. The first kappa shape index (κ1) is 10.6. The Morgan fingerprint density at radius 1 is 1.36 bits per heavy atom. The van der Waals surface area contributed by atoms with Crippen molar-refractivity contribution in [2.75, 3.05) is 7.11 Å². The number of aldehydes is 1. The molecular weight excluding hydrogens is 180 g/mol. The highest BCUT2D eigenvalue weighted by Crippen LogP contribution is 2.20. The monoisotopic (exact) mass is 194 g/mol. The van der Waals surface area contributed by atoms with Crippen LogP contribution in [0.25, 0.3) is 0 Å². The van der Waals surface area contributed by atoms with Crippen molar-refractivity contribution in [3.63, 3.8) is 0 Å². The van der Waals surface area contributed by atoms with Crippen molar-refractivity contribution in [2.45, 2.75) is 26.2 Å². The lowest BCUT2D eigenvalue weighted by atomic mass is 9.95. The summed E-state index contributed by atoms with van der Waals surface area (Å²) >= 11 is 0. The van der Waals surface area contributed by atoms with Crippen molar-refractivity contribution in [1.29, 1.82) is 0 Å². The van der Waals surface area contributed by atoms with Gasteiger partial charge in [-0.05, 0) is 0 Å². The summed E-state index contributed by atoms with van der Waals surface area (Å²) in [7, 11) is 1.52. The van der Waals surface area contributed by atoms with Crippen molar-refractivity contribution in [3.05, 3.63) is 17.6 Å². The molecule has 1 rings (SSSR count). The van der Waals surface area contributed by atoms with Crippen LogP contribution in [0.5, 0.6) is 5.88 Å². The predicted molar refractivity (Wildman–Crippen MR) is 52.7 cm³/mol. The quantitative estimate of drug-likeness (QED) is 0.671. The Bertz CT molecular complexity index is 342. The molecule has 4 nitrogen and oxygen atoms in total. The lowest BCUT2D eigenvalue weighted by Gasteiger charge is -2.16. The zero-order chi connectivity index (χ0) is 10.8. The molecule has 0 unspecified atom stereocenters. The van der Waals surface area contributed by atoms with Gasteiger partial charge in [-0.15, -0.1) is 0 Å². The molecule has 0 aliphatic heterocycles. The molecule has 0 spiro atoms. The summed E-state index contributed by atoms with van der Waals surface area (Å²) in [6.07, 6.45) is 0.694. The van der Waals surface area contributed by atoms with E-state index in [1.165, 1.54) is 13.2 Å². The fraction of sp³-hybridized carbons (Fsp3) is 0.500. The Morgan fingerprint density at radius 2 is 2.00 bits per heavy atom. The normalized spacial score (nSPS) is 11.1. The second-order valence-electron chi connectivity index (χ2n) is 4.03. The minimum Gasteiger partial charge on any atom is -0.481 e. The van der Waals surface area contributed by atoms with E-state index in [1.807, 2.05) is 20.8 Å². The Morgan fingerprint density at radius 3 is 2.43 bits per heavy atom. The van der Waals surface area contributed by atoms with E-state index in [9.17, 15) is 4.79 Å². The maximum absolute atomic E-state index is 10.6. The minimum atomic E-state index is -0.188. The van der Waals surface area contributed by atoms with Gasteiger partial charge >= 0.3 is 0 Å². The number of aromatic nitrogens is 2.